The summed E-state index contributed by atoms with van der Waals surface area (Å²) in [7, 11) is -3.66. The highest BCUT2D eigenvalue weighted by Crippen LogP contribution is 2.11. The predicted octanol–water partition coefficient (Wildman–Crippen LogP) is -0.144. The average Bonchev–Trinajstić information content (AvgIpc) is 2.37. The standard InChI is InChI=1S/C10H19N5O3S/c1-4-18-10(2,3)7-14-19(16,17)8-5-12-9(15-11)13-6-8/h5-6,14H,4,7,11H2,1-3H3,(H,12,13,15). The van der Waals surface area contributed by atoms with Crippen LogP contribution in [0.5, 0.6) is 0 Å². The summed E-state index contributed by atoms with van der Waals surface area (Å²) in [5, 5.41) is 0. The fraction of sp³-hybridized carbons (Fsp3) is 0.600. The third kappa shape index (κ3) is 4.71. The van der Waals surface area contributed by atoms with E-state index in [1.807, 2.05) is 6.92 Å². The molecule has 1 aromatic rings. The van der Waals surface area contributed by atoms with Gasteiger partial charge in [-0.3, -0.25) is 5.43 Å². The minimum atomic E-state index is -3.66. The quantitative estimate of drug-likeness (QED) is 0.472. The molecule has 1 aromatic heterocycles. The smallest absolute Gasteiger partial charge is 0.243 e. The van der Waals surface area contributed by atoms with Gasteiger partial charge in [0.05, 0.1) is 18.0 Å². The van der Waals surface area contributed by atoms with E-state index >= 15 is 0 Å². The molecule has 0 saturated heterocycles. The molecule has 0 bridgehead atoms. The first-order valence-corrected chi connectivity index (χ1v) is 7.21. The van der Waals surface area contributed by atoms with Crippen LogP contribution in [0.4, 0.5) is 5.95 Å². The molecule has 0 aromatic carbocycles. The highest BCUT2D eigenvalue weighted by molar-refractivity contribution is 7.89. The molecule has 1 heterocycles. The van der Waals surface area contributed by atoms with Crippen molar-refractivity contribution in [3.63, 3.8) is 0 Å². The van der Waals surface area contributed by atoms with Gasteiger partial charge in [0.1, 0.15) is 4.90 Å². The Morgan fingerprint density at radius 2 is 1.95 bits per heavy atom. The predicted molar refractivity (Wildman–Crippen MR) is 70.7 cm³/mol. The van der Waals surface area contributed by atoms with Gasteiger partial charge in [-0.1, -0.05) is 0 Å². The van der Waals surface area contributed by atoms with Crippen molar-refractivity contribution in [2.45, 2.75) is 31.3 Å². The van der Waals surface area contributed by atoms with E-state index in [4.69, 9.17) is 10.6 Å². The molecule has 0 aliphatic rings. The van der Waals surface area contributed by atoms with E-state index in [0.717, 1.165) is 0 Å². The Kier molecular flexibility index (Phi) is 5.18. The molecule has 1 rings (SSSR count). The van der Waals surface area contributed by atoms with Crippen molar-refractivity contribution in [1.29, 1.82) is 0 Å². The zero-order valence-electron chi connectivity index (χ0n) is 11.2. The van der Waals surface area contributed by atoms with Crippen LogP contribution in [0.25, 0.3) is 0 Å². The van der Waals surface area contributed by atoms with Gasteiger partial charge in [-0.2, -0.15) is 0 Å². The van der Waals surface area contributed by atoms with Crippen molar-refractivity contribution in [3.05, 3.63) is 12.4 Å². The molecule has 0 atom stereocenters. The van der Waals surface area contributed by atoms with Crippen LogP contribution >= 0.6 is 0 Å². The maximum atomic E-state index is 12.0. The summed E-state index contributed by atoms with van der Waals surface area (Å²) in [5.74, 6) is 5.25. The Balaban J connectivity index is 2.75. The summed E-state index contributed by atoms with van der Waals surface area (Å²) in [6, 6.07) is 0. The number of ether oxygens (including phenoxy) is 1. The van der Waals surface area contributed by atoms with Crippen LogP contribution in [0.1, 0.15) is 20.8 Å². The van der Waals surface area contributed by atoms with Crippen LogP contribution < -0.4 is 16.0 Å². The number of hydrazine groups is 1. The van der Waals surface area contributed by atoms with E-state index in [0.29, 0.717) is 6.61 Å². The zero-order chi connectivity index (χ0) is 14.5. The van der Waals surface area contributed by atoms with E-state index in [-0.39, 0.29) is 17.4 Å². The summed E-state index contributed by atoms with van der Waals surface area (Å²) in [6.45, 7) is 6.12. The molecule has 0 unspecified atom stereocenters. The van der Waals surface area contributed by atoms with E-state index in [1.165, 1.54) is 12.4 Å². The summed E-state index contributed by atoms with van der Waals surface area (Å²) >= 11 is 0. The number of sulfonamides is 1. The molecule has 108 valence electrons. The Bertz CT molecular complexity index is 500. The molecule has 19 heavy (non-hydrogen) atoms. The number of anilines is 1. The number of nitrogens with two attached hydrogens (primary N) is 1. The summed E-state index contributed by atoms with van der Waals surface area (Å²) in [6.07, 6.45) is 2.36. The van der Waals surface area contributed by atoms with Crippen molar-refractivity contribution in [1.82, 2.24) is 14.7 Å². The molecule has 0 fully saturated rings. The first-order valence-electron chi connectivity index (χ1n) is 5.73. The molecular weight excluding hydrogens is 270 g/mol. The lowest BCUT2D eigenvalue weighted by Gasteiger charge is -2.24. The van der Waals surface area contributed by atoms with Crippen molar-refractivity contribution < 1.29 is 13.2 Å². The third-order valence-electron chi connectivity index (χ3n) is 2.29. The maximum absolute atomic E-state index is 12.0. The lowest BCUT2D eigenvalue weighted by molar-refractivity contribution is -0.00515. The van der Waals surface area contributed by atoms with E-state index in [2.05, 4.69) is 20.1 Å². The lowest BCUT2D eigenvalue weighted by atomic mass is 10.1. The fourth-order valence-corrected chi connectivity index (χ4v) is 2.41. The van der Waals surface area contributed by atoms with Crippen molar-refractivity contribution in [2.75, 3.05) is 18.6 Å². The van der Waals surface area contributed by atoms with Crippen molar-refractivity contribution in [2.24, 2.45) is 5.84 Å². The molecule has 0 aliphatic heterocycles. The highest BCUT2D eigenvalue weighted by atomic mass is 32.2. The second kappa shape index (κ2) is 6.24. The molecule has 4 N–H and O–H groups in total. The molecule has 0 radical (unpaired) electrons. The number of nitrogen functional groups attached to an aromatic ring is 1. The summed E-state index contributed by atoms with van der Waals surface area (Å²) < 4.78 is 31.8. The summed E-state index contributed by atoms with van der Waals surface area (Å²) in [5.41, 5.74) is 1.64. The van der Waals surface area contributed by atoms with E-state index in [1.54, 1.807) is 13.8 Å². The Hall–Kier alpha value is -1.29. The van der Waals surface area contributed by atoms with Crippen LogP contribution in [0, 0.1) is 0 Å². The van der Waals surface area contributed by atoms with Crippen molar-refractivity contribution >= 4 is 16.0 Å². The molecule has 0 saturated carbocycles. The molecular formula is C10H19N5O3S. The van der Waals surface area contributed by atoms with Crippen LogP contribution in [-0.4, -0.2) is 37.1 Å². The van der Waals surface area contributed by atoms with Gasteiger partial charge >= 0.3 is 0 Å². The van der Waals surface area contributed by atoms with Gasteiger partial charge in [-0.05, 0) is 20.8 Å². The minimum absolute atomic E-state index is 0.0289. The Morgan fingerprint density at radius 3 is 2.42 bits per heavy atom. The van der Waals surface area contributed by atoms with Gasteiger partial charge in [-0.15, -0.1) is 0 Å². The highest BCUT2D eigenvalue weighted by Gasteiger charge is 2.22. The third-order valence-corrected chi connectivity index (χ3v) is 3.65. The Morgan fingerprint density at radius 1 is 1.37 bits per heavy atom. The first kappa shape index (κ1) is 15.8. The van der Waals surface area contributed by atoms with Crippen LogP contribution in [-0.2, 0) is 14.8 Å². The van der Waals surface area contributed by atoms with Gasteiger partial charge in [0.25, 0.3) is 0 Å². The van der Waals surface area contributed by atoms with E-state index < -0.39 is 15.6 Å². The van der Waals surface area contributed by atoms with Gasteiger partial charge in [-0.25, -0.2) is 29.0 Å². The number of aromatic nitrogens is 2. The minimum Gasteiger partial charge on any atom is -0.375 e. The normalized spacial score (nSPS) is 12.4. The van der Waals surface area contributed by atoms with Crippen LogP contribution in [0.3, 0.4) is 0 Å². The molecule has 0 amide bonds. The second-order valence-corrected chi connectivity index (χ2v) is 6.17. The average molecular weight is 289 g/mol. The number of nitrogens with one attached hydrogen (secondary N) is 2. The first-order chi connectivity index (χ1) is 8.80. The number of hydrogen-bond acceptors (Lipinski definition) is 7. The molecule has 9 heteroatoms. The van der Waals surface area contributed by atoms with Gasteiger partial charge < -0.3 is 4.74 Å². The SMILES string of the molecule is CCOC(C)(C)CNS(=O)(=O)c1cnc(NN)nc1. The Labute approximate surface area is 112 Å². The molecule has 8 nitrogen and oxygen atoms in total. The monoisotopic (exact) mass is 289 g/mol. The summed E-state index contributed by atoms with van der Waals surface area (Å²) in [4.78, 5) is 7.46. The van der Waals surface area contributed by atoms with Crippen molar-refractivity contribution in [3.8, 4) is 0 Å². The van der Waals surface area contributed by atoms with Gasteiger partial charge in [0, 0.05) is 13.2 Å². The maximum Gasteiger partial charge on any atom is 0.243 e. The number of rotatable bonds is 7. The fourth-order valence-electron chi connectivity index (χ4n) is 1.32. The van der Waals surface area contributed by atoms with Crippen LogP contribution in [0.2, 0.25) is 0 Å². The topological polar surface area (TPSA) is 119 Å². The largest absolute Gasteiger partial charge is 0.375 e. The van der Waals surface area contributed by atoms with Gasteiger partial charge in [0.15, 0.2) is 0 Å². The number of hydrogen-bond donors (Lipinski definition) is 3. The zero-order valence-corrected chi connectivity index (χ0v) is 12.0. The molecule has 0 aliphatic carbocycles. The molecule has 0 spiro atoms. The number of nitrogens with zero attached hydrogens (tertiary/aromatic N) is 2. The van der Waals surface area contributed by atoms with Gasteiger partial charge in [0.2, 0.25) is 16.0 Å². The van der Waals surface area contributed by atoms with E-state index in [9.17, 15) is 8.42 Å². The second-order valence-electron chi connectivity index (χ2n) is 4.40. The lowest BCUT2D eigenvalue weighted by Crippen LogP contribution is -2.40. The van der Waals surface area contributed by atoms with Crippen LogP contribution in [0.15, 0.2) is 17.3 Å².